The van der Waals surface area contributed by atoms with Crippen LogP contribution >= 0.6 is 0 Å². The molecule has 0 atom stereocenters. The lowest BCUT2D eigenvalue weighted by Gasteiger charge is -2.16. The third kappa shape index (κ3) is 12.1. The van der Waals surface area contributed by atoms with Crippen LogP contribution in [0.1, 0.15) is 164 Å². The minimum Gasteiger partial charge on any atom is -0.488 e. The van der Waals surface area contributed by atoms with Crippen LogP contribution in [-0.2, 0) is 0 Å². The summed E-state index contributed by atoms with van der Waals surface area (Å²) >= 11 is 0. The minimum absolute atomic E-state index is 0.580. The summed E-state index contributed by atoms with van der Waals surface area (Å²) in [5.41, 5.74) is 4.79. The van der Waals surface area contributed by atoms with Crippen molar-refractivity contribution in [2.45, 2.75) is 130 Å². The molecule has 0 spiro atoms. The number of terminal acetylenes is 2. The molecule has 0 saturated heterocycles. The van der Waals surface area contributed by atoms with Crippen LogP contribution in [0, 0.1) is 48.4 Å². The predicted molar refractivity (Wildman–Crippen MR) is 269 cm³/mol. The quantitative estimate of drug-likeness (QED) is 0.0345. The van der Waals surface area contributed by atoms with Crippen molar-refractivity contribution < 1.29 is 18.9 Å². The summed E-state index contributed by atoms with van der Waals surface area (Å²) in [5.74, 6) is 22.3. The van der Waals surface area contributed by atoms with E-state index in [-0.39, 0.29) is 0 Å². The molecule has 4 nitrogen and oxygen atoms in total. The Bertz CT molecular complexity index is 2480. The molecule has 4 heteroatoms. The monoisotopic (exact) mass is 850 g/mol. The summed E-state index contributed by atoms with van der Waals surface area (Å²) < 4.78 is 25.8. The molecule has 6 rings (SSSR count). The fourth-order valence-corrected chi connectivity index (χ4v) is 8.22. The summed E-state index contributed by atoms with van der Waals surface area (Å²) in [7, 11) is 0. The molecule has 0 saturated carbocycles. The topological polar surface area (TPSA) is 36.9 Å². The summed E-state index contributed by atoms with van der Waals surface area (Å²) in [6.07, 6.45) is 29.7. The lowest BCUT2D eigenvalue weighted by molar-refractivity contribution is 0.258. The van der Waals surface area contributed by atoms with Gasteiger partial charge < -0.3 is 18.9 Å². The average molecular weight is 851 g/mol. The maximum atomic E-state index is 6.50. The maximum absolute atomic E-state index is 6.50. The van der Waals surface area contributed by atoms with Gasteiger partial charge in [-0.05, 0) is 94.4 Å². The lowest BCUT2D eigenvalue weighted by atomic mass is 9.90. The zero-order valence-corrected chi connectivity index (χ0v) is 38.9. The van der Waals surface area contributed by atoms with Crippen molar-refractivity contribution in [1.82, 2.24) is 0 Å². The largest absolute Gasteiger partial charge is 0.488 e. The van der Waals surface area contributed by atoms with E-state index in [4.69, 9.17) is 31.8 Å². The molecule has 0 fully saturated rings. The van der Waals surface area contributed by atoms with Gasteiger partial charge in [0.2, 0.25) is 0 Å². The van der Waals surface area contributed by atoms with E-state index in [1.165, 1.54) is 49.3 Å². The standard InChI is InChI=1S/C60H66O4/c1-7-13-17-21-41-61-57-45(11-5)25-33-51(59(57)63-43-23-19-15-9-3)35-29-47-27-31-49-38-40-54-48(28-32-50-37-39-53(47)55(49)56(50)54)30-36-52-34-26-46(12-6)58(62-42-22-18-14-8-2)60(52)64-44-24-20-16-10-4/h5-6,25-28,31-34,37-40H,7-10,13-24,41-44H2,1-4H3. The van der Waals surface area contributed by atoms with Crippen LogP contribution in [-0.4, -0.2) is 26.4 Å². The highest BCUT2D eigenvalue weighted by atomic mass is 16.5. The number of hydrogen-bond acceptors (Lipinski definition) is 4. The van der Waals surface area contributed by atoms with E-state index in [9.17, 15) is 0 Å². The van der Waals surface area contributed by atoms with Gasteiger partial charge in [0.05, 0.1) is 48.7 Å². The molecule has 6 aromatic rings. The molecule has 0 N–H and O–H groups in total. The SMILES string of the molecule is C#Cc1ccc(C#Cc2ccc3ccc4c(C#Cc5ccc(C#C)c(OCCCCCC)c5OCCCCCC)ccc5ccc2c3c54)c(OCCCCCC)c1OCCCCCC. The number of benzene rings is 6. The van der Waals surface area contributed by atoms with Crippen LogP contribution < -0.4 is 18.9 Å². The van der Waals surface area contributed by atoms with Gasteiger partial charge in [-0.25, -0.2) is 0 Å². The summed E-state index contributed by atoms with van der Waals surface area (Å²) in [4.78, 5) is 0. The van der Waals surface area contributed by atoms with E-state index >= 15 is 0 Å². The van der Waals surface area contributed by atoms with Crippen molar-refractivity contribution in [3.05, 3.63) is 106 Å². The second-order valence-electron chi connectivity index (χ2n) is 16.7. The highest BCUT2D eigenvalue weighted by molar-refractivity contribution is 6.24. The Hall–Kier alpha value is -6.20. The van der Waals surface area contributed by atoms with Gasteiger partial charge >= 0.3 is 0 Å². The Morgan fingerprint density at radius 1 is 0.328 bits per heavy atom. The fraction of sp³-hybridized carbons (Fsp3) is 0.400. The van der Waals surface area contributed by atoms with Crippen molar-refractivity contribution in [2.24, 2.45) is 0 Å². The van der Waals surface area contributed by atoms with Crippen LogP contribution in [0.2, 0.25) is 0 Å². The van der Waals surface area contributed by atoms with Gasteiger partial charge in [-0.3, -0.25) is 0 Å². The zero-order chi connectivity index (χ0) is 44.9. The molecule has 0 amide bonds. The smallest absolute Gasteiger partial charge is 0.178 e. The van der Waals surface area contributed by atoms with E-state index in [2.05, 4.69) is 112 Å². The van der Waals surface area contributed by atoms with Gasteiger partial charge in [-0.2, -0.15) is 0 Å². The normalized spacial score (nSPS) is 10.8. The van der Waals surface area contributed by atoms with Gasteiger partial charge in [0.1, 0.15) is 0 Å². The number of rotatable bonds is 24. The van der Waals surface area contributed by atoms with Crippen LogP contribution in [0.15, 0.2) is 72.8 Å². The van der Waals surface area contributed by atoms with Crippen LogP contribution in [0.5, 0.6) is 23.0 Å². The first-order valence-electron chi connectivity index (χ1n) is 24.1. The number of ether oxygens (including phenoxy) is 4. The van der Waals surface area contributed by atoms with Gasteiger partial charge in [0.15, 0.2) is 23.0 Å². The van der Waals surface area contributed by atoms with Crippen molar-refractivity contribution in [1.29, 1.82) is 0 Å². The van der Waals surface area contributed by atoms with Gasteiger partial charge in [0.25, 0.3) is 0 Å². The Morgan fingerprint density at radius 3 is 0.938 bits per heavy atom. The molecule has 0 aromatic heterocycles. The zero-order valence-electron chi connectivity index (χ0n) is 38.9. The van der Waals surface area contributed by atoms with Gasteiger partial charge in [0, 0.05) is 11.1 Å². The fourth-order valence-electron chi connectivity index (χ4n) is 8.22. The van der Waals surface area contributed by atoms with E-state index in [1.807, 2.05) is 24.3 Å². The molecule has 0 radical (unpaired) electrons. The molecule has 330 valence electrons. The molecule has 0 aliphatic rings. The Morgan fingerprint density at radius 2 is 0.609 bits per heavy atom. The molecular formula is C60H66O4. The molecule has 6 aromatic carbocycles. The summed E-state index contributed by atoms with van der Waals surface area (Å²) in [5, 5.41) is 6.83. The highest BCUT2D eigenvalue weighted by Gasteiger charge is 2.18. The van der Waals surface area contributed by atoms with Crippen molar-refractivity contribution >= 4 is 32.3 Å². The Labute approximate surface area is 384 Å². The van der Waals surface area contributed by atoms with E-state index in [1.54, 1.807) is 0 Å². The van der Waals surface area contributed by atoms with E-state index in [0.29, 0.717) is 60.6 Å². The second-order valence-corrected chi connectivity index (χ2v) is 16.7. The molecule has 0 bridgehead atoms. The van der Waals surface area contributed by atoms with Crippen molar-refractivity contribution in [2.75, 3.05) is 26.4 Å². The highest BCUT2D eigenvalue weighted by Crippen LogP contribution is 2.39. The van der Waals surface area contributed by atoms with Gasteiger partial charge in [-0.15, -0.1) is 12.8 Å². The minimum atomic E-state index is 0.580. The first kappa shape index (κ1) is 47.3. The first-order valence-corrected chi connectivity index (χ1v) is 24.1. The van der Waals surface area contributed by atoms with E-state index in [0.717, 1.165) is 108 Å². The van der Waals surface area contributed by atoms with Gasteiger partial charge in [-0.1, -0.05) is 177 Å². The number of hydrogen-bond donors (Lipinski definition) is 0. The Kier molecular flexibility index (Phi) is 18.6. The van der Waals surface area contributed by atoms with Crippen LogP contribution in [0.3, 0.4) is 0 Å². The van der Waals surface area contributed by atoms with Crippen LogP contribution in [0.4, 0.5) is 0 Å². The third-order valence-corrected chi connectivity index (χ3v) is 11.8. The molecule has 0 unspecified atom stereocenters. The maximum Gasteiger partial charge on any atom is 0.178 e. The first-order chi connectivity index (χ1) is 31.6. The third-order valence-electron chi connectivity index (χ3n) is 11.8. The molecule has 0 aliphatic carbocycles. The van der Waals surface area contributed by atoms with E-state index < -0.39 is 0 Å². The Balaban J connectivity index is 1.38. The van der Waals surface area contributed by atoms with Crippen LogP contribution in [0.25, 0.3) is 32.3 Å². The molecular weight excluding hydrogens is 785 g/mol. The molecule has 64 heavy (non-hydrogen) atoms. The summed E-state index contributed by atoms with van der Waals surface area (Å²) in [6.45, 7) is 11.2. The second kappa shape index (κ2) is 25.2. The lowest BCUT2D eigenvalue weighted by Crippen LogP contribution is -2.06. The predicted octanol–water partition coefficient (Wildman–Crippen LogP) is 15.2. The van der Waals surface area contributed by atoms with Crippen molar-refractivity contribution in [3.8, 4) is 71.4 Å². The molecule has 0 aliphatic heterocycles. The van der Waals surface area contributed by atoms with Crippen molar-refractivity contribution in [3.63, 3.8) is 0 Å². The average Bonchev–Trinajstić information content (AvgIpc) is 3.32. The summed E-state index contributed by atoms with van der Waals surface area (Å²) in [6, 6.07) is 25.1. The number of unbranched alkanes of at least 4 members (excludes halogenated alkanes) is 12. The molecule has 0 heterocycles.